The molecule has 0 amide bonds. The molecule has 0 spiro atoms. The van der Waals surface area contributed by atoms with E-state index in [-0.39, 0.29) is 28.4 Å². The van der Waals surface area contributed by atoms with Gasteiger partial charge in [-0.25, -0.2) is 22.8 Å². The van der Waals surface area contributed by atoms with Gasteiger partial charge in [-0.05, 0) is 44.9 Å². The van der Waals surface area contributed by atoms with Gasteiger partial charge in [0.15, 0.2) is 9.84 Å². The molecule has 2 aromatic rings. The van der Waals surface area contributed by atoms with Gasteiger partial charge >= 0.3 is 0 Å². The van der Waals surface area contributed by atoms with Gasteiger partial charge in [-0.3, -0.25) is 4.79 Å². The first-order valence-corrected chi connectivity index (χ1v) is 12.4. The van der Waals surface area contributed by atoms with Crippen molar-refractivity contribution in [1.29, 1.82) is 0 Å². The van der Waals surface area contributed by atoms with Crippen LogP contribution in [0.15, 0.2) is 29.4 Å². The lowest BCUT2D eigenvalue weighted by Crippen LogP contribution is -2.41. The van der Waals surface area contributed by atoms with Gasteiger partial charge in [0, 0.05) is 31.8 Å². The molecule has 1 aromatic carbocycles. The molecule has 0 aliphatic carbocycles. The predicted octanol–water partition coefficient (Wildman–Crippen LogP) is 3.14. The molecule has 3 rings (SSSR count). The lowest BCUT2D eigenvalue weighted by molar-refractivity contribution is -0.120. The number of benzene rings is 1. The molecule has 0 saturated carbocycles. The number of ketones is 1. The molecule has 1 unspecified atom stereocenters. The van der Waals surface area contributed by atoms with Crippen molar-refractivity contribution in [2.24, 2.45) is 5.92 Å². The fourth-order valence-corrected chi connectivity index (χ4v) is 4.15. The van der Waals surface area contributed by atoms with Gasteiger partial charge in [-0.2, -0.15) is 0 Å². The van der Waals surface area contributed by atoms with E-state index < -0.39 is 15.7 Å². The maximum absolute atomic E-state index is 14.4. The van der Waals surface area contributed by atoms with E-state index in [1.807, 2.05) is 6.92 Å². The minimum absolute atomic E-state index is 0.00823. The van der Waals surface area contributed by atoms with Gasteiger partial charge in [0.2, 0.25) is 5.88 Å². The minimum atomic E-state index is -3.49. The van der Waals surface area contributed by atoms with Crippen LogP contribution in [0.5, 0.6) is 5.88 Å². The van der Waals surface area contributed by atoms with E-state index in [0.29, 0.717) is 17.3 Å². The molecule has 1 aliphatic heterocycles. The summed E-state index contributed by atoms with van der Waals surface area (Å²) >= 11 is 0. The quantitative estimate of drug-likeness (QED) is 0.636. The molecule has 0 radical (unpaired) electrons. The summed E-state index contributed by atoms with van der Waals surface area (Å²) in [5.74, 6) is 0.333. The number of hydrogen-bond donors (Lipinski definition) is 1. The Bertz CT molecular complexity index is 1090. The van der Waals surface area contributed by atoms with E-state index in [1.54, 1.807) is 13.8 Å². The molecule has 1 aliphatic rings. The summed E-state index contributed by atoms with van der Waals surface area (Å²) in [5, 5.41) is 2.89. The molecule has 174 valence electrons. The van der Waals surface area contributed by atoms with Crippen LogP contribution in [0.25, 0.3) is 0 Å². The second-order valence-electron chi connectivity index (χ2n) is 8.32. The molecular weight excluding hydrogens is 435 g/mol. The van der Waals surface area contributed by atoms with Crippen LogP contribution in [0.4, 0.5) is 15.9 Å². The van der Waals surface area contributed by atoms with Gasteiger partial charge in [0.05, 0.1) is 16.1 Å². The number of sulfone groups is 1. The summed E-state index contributed by atoms with van der Waals surface area (Å²) in [6.07, 6.45) is 4.00. The average molecular weight is 465 g/mol. The topological polar surface area (TPSA) is 101 Å². The van der Waals surface area contributed by atoms with Crippen molar-refractivity contribution in [2.45, 2.75) is 44.6 Å². The van der Waals surface area contributed by atoms with Crippen molar-refractivity contribution in [3.05, 3.63) is 35.9 Å². The van der Waals surface area contributed by atoms with Gasteiger partial charge in [-0.15, -0.1) is 0 Å². The Labute approximate surface area is 188 Å². The number of anilines is 2. The molecule has 1 atom stereocenters. The standard InChI is InChI=1S/C22H29FN4O4S/c1-14(16(3)28)12-27-9-7-17(8-10-27)31-22-15(2)21(24-13-25-22)26-20-6-5-18(11-19(20)23)32(4,29)30/h5-6,11,13-14,17H,7-10,12H2,1-4H3,(H,24,25,26). The maximum Gasteiger partial charge on any atom is 0.221 e. The Kier molecular flexibility index (Phi) is 7.45. The molecule has 1 N–H and O–H groups in total. The summed E-state index contributed by atoms with van der Waals surface area (Å²) in [4.78, 5) is 22.1. The fourth-order valence-electron chi connectivity index (χ4n) is 3.52. The van der Waals surface area contributed by atoms with Crippen molar-refractivity contribution in [3.63, 3.8) is 0 Å². The summed E-state index contributed by atoms with van der Waals surface area (Å²) in [5.41, 5.74) is 0.741. The van der Waals surface area contributed by atoms with Crippen molar-refractivity contribution in [2.75, 3.05) is 31.2 Å². The molecule has 1 aromatic heterocycles. The lowest BCUT2D eigenvalue weighted by Gasteiger charge is -2.33. The zero-order valence-corrected chi connectivity index (χ0v) is 19.6. The molecule has 32 heavy (non-hydrogen) atoms. The number of likely N-dealkylation sites (tertiary alicyclic amines) is 1. The van der Waals surface area contributed by atoms with E-state index >= 15 is 0 Å². The highest BCUT2D eigenvalue weighted by molar-refractivity contribution is 7.90. The van der Waals surface area contributed by atoms with Gasteiger partial charge < -0.3 is 15.0 Å². The molecule has 0 bridgehead atoms. The first-order valence-electron chi connectivity index (χ1n) is 10.5. The van der Waals surface area contributed by atoms with E-state index in [9.17, 15) is 17.6 Å². The molecular formula is C22H29FN4O4S. The number of aromatic nitrogens is 2. The Morgan fingerprint density at radius 1 is 1.31 bits per heavy atom. The summed E-state index contributed by atoms with van der Waals surface area (Å²) in [7, 11) is -3.49. The first-order chi connectivity index (χ1) is 15.0. The normalized spacial score (nSPS) is 16.5. The smallest absolute Gasteiger partial charge is 0.221 e. The monoisotopic (exact) mass is 464 g/mol. The number of piperidine rings is 1. The van der Waals surface area contributed by atoms with Crippen LogP contribution >= 0.6 is 0 Å². The van der Waals surface area contributed by atoms with Gasteiger partial charge in [-0.1, -0.05) is 6.92 Å². The van der Waals surface area contributed by atoms with E-state index in [1.165, 1.54) is 18.5 Å². The van der Waals surface area contributed by atoms with Crippen LogP contribution in [-0.4, -0.2) is 61.1 Å². The number of rotatable bonds is 8. The Morgan fingerprint density at radius 3 is 2.59 bits per heavy atom. The third-order valence-corrected chi connectivity index (χ3v) is 6.81. The largest absolute Gasteiger partial charge is 0.474 e. The van der Waals surface area contributed by atoms with Crippen LogP contribution in [0.3, 0.4) is 0 Å². The fraction of sp³-hybridized carbons (Fsp3) is 0.500. The summed E-state index contributed by atoms with van der Waals surface area (Å²) in [6, 6.07) is 3.69. The zero-order valence-electron chi connectivity index (χ0n) is 18.8. The number of carbonyl (C=O) groups excluding carboxylic acids is 1. The highest BCUT2D eigenvalue weighted by Crippen LogP contribution is 2.28. The van der Waals surface area contributed by atoms with Crippen LogP contribution in [0.1, 0.15) is 32.3 Å². The number of nitrogens with zero attached hydrogens (tertiary/aromatic N) is 3. The number of carbonyl (C=O) groups is 1. The maximum atomic E-state index is 14.4. The van der Waals surface area contributed by atoms with Crippen molar-refractivity contribution >= 4 is 27.1 Å². The lowest BCUT2D eigenvalue weighted by atomic mass is 10.0. The third kappa shape index (κ3) is 6.01. The van der Waals surface area contributed by atoms with Crippen LogP contribution < -0.4 is 10.1 Å². The van der Waals surface area contributed by atoms with Crippen LogP contribution in [0.2, 0.25) is 0 Å². The van der Waals surface area contributed by atoms with Gasteiger partial charge in [0.1, 0.15) is 29.8 Å². The van der Waals surface area contributed by atoms with Crippen LogP contribution in [-0.2, 0) is 14.6 Å². The van der Waals surface area contributed by atoms with E-state index in [2.05, 4.69) is 20.2 Å². The summed E-state index contributed by atoms with van der Waals surface area (Å²) in [6.45, 7) is 7.79. The molecule has 2 heterocycles. The predicted molar refractivity (Wildman–Crippen MR) is 119 cm³/mol. The zero-order chi connectivity index (χ0) is 23.5. The second-order valence-corrected chi connectivity index (χ2v) is 10.3. The highest BCUT2D eigenvalue weighted by Gasteiger charge is 2.24. The van der Waals surface area contributed by atoms with Gasteiger partial charge in [0.25, 0.3) is 0 Å². The van der Waals surface area contributed by atoms with E-state index in [4.69, 9.17) is 4.74 Å². The van der Waals surface area contributed by atoms with Crippen LogP contribution in [0, 0.1) is 18.7 Å². The Balaban J connectivity index is 1.65. The first kappa shape index (κ1) is 24.1. The minimum Gasteiger partial charge on any atom is -0.474 e. The number of hydrogen-bond acceptors (Lipinski definition) is 8. The second kappa shape index (κ2) is 9.91. The van der Waals surface area contributed by atoms with Crippen molar-refractivity contribution < 1.29 is 22.3 Å². The average Bonchev–Trinajstić information content (AvgIpc) is 2.72. The Hall–Kier alpha value is -2.59. The van der Waals surface area contributed by atoms with Crippen molar-refractivity contribution in [3.8, 4) is 5.88 Å². The molecule has 8 nitrogen and oxygen atoms in total. The van der Waals surface area contributed by atoms with Crippen molar-refractivity contribution in [1.82, 2.24) is 14.9 Å². The number of ether oxygens (including phenoxy) is 1. The number of halogens is 1. The number of Topliss-reactive ketones (excluding diaryl/α,β-unsaturated/α-hetero) is 1. The SMILES string of the molecule is CC(=O)C(C)CN1CCC(Oc2ncnc(Nc3ccc(S(C)(=O)=O)cc3F)c2C)CC1. The molecule has 10 heteroatoms. The molecule has 1 saturated heterocycles. The number of nitrogens with one attached hydrogen (secondary N) is 1. The van der Waals surface area contributed by atoms with E-state index in [0.717, 1.165) is 44.8 Å². The third-order valence-electron chi connectivity index (χ3n) is 5.70. The molecule has 1 fully saturated rings. The summed E-state index contributed by atoms with van der Waals surface area (Å²) < 4.78 is 43.7. The highest BCUT2D eigenvalue weighted by atomic mass is 32.2. The Morgan fingerprint density at radius 2 is 2.00 bits per heavy atom.